The van der Waals surface area contributed by atoms with E-state index in [4.69, 9.17) is 9.47 Å². The van der Waals surface area contributed by atoms with E-state index < -0.39 is 6.10 Å². The second-order valence-electron chi connectivity index (χ2n) is 9.99. The second-order valence-corrected chi connectivity index (χ2v) is 9.99. The minimum Gasteiger partial charge on any atom is -1.00 e. The van der Waals surface area contributed by atoms with Crippen LogP contribution in [-0.2, 0) is 6.54 Å². The summed E-state index contributed by atoms with van der Waals surface area (Å²) in [5.74, 6) is 1.53. The lowest BCUT2D eigenvalue weighted by atomic mass is 9.71. The molecular weight excluding hydrogens is 538 g/mol. The number of quaternary nitrogens is 1. The van der Waals surface area contributed by atoms with E-state index in [2.05, 4.69) is 11.6 Å². The molecule has 0 amide bonds. The molecule has 3 fully saturated rings. The zero-order valence-electron chi connectivity index (χ0n) is 21.0. The number of hydrogen-bond donors (Lipinski definition) is 1. The van der Waals surface area contributed by atoms with E-state index in [-0.39, 0.29) is 33.6 Å². The van der Waals surface area contributed by atoms with Gasteiger partial charge in [0.25, 0.3) is 5.69 Å². The van der Waals surface area contributed by atoms with Gasteiger partial charge < -0.3 is 36.0 Å². The Balaban J connectivity index is 0.00000320. The summed E-state index contributed by atoms with van der Waals surface area (Å²) in [6.45, 7) is 6.12. The van der Waals surface area contributed by atoms with Crippen LogP contribution in [0.15, 0.2) is 61.3 Å². The van der Waals surface area contributed by atoms with Gasteiger partial charge >= 0.3 is 0 Å². The number of para-hydroxylation sites is 1. The van der Waals surface area contributed by atoms with Crippen molar-refractivity contribution >= 4 is 16.6 Å². The molecule has 3 aliphatic heterocycles. The zero-order valence-corrected chi connectivity index (χ0v) is 22.6. The van der Waals surface area contributed by atoms with E-state index in [0.717, 1.165) is 42.4 Å². The number of fused-ring (bicyclic) bond motifs is 4. The molecule has 2 bridgehead atoms. The van der Waals surface area contributed by atoms with Gasteiger partial charge in [0.2, 0.25) is 0 Å². The van der Waals surface area contributed by atoms with Crippen LogP contribution in [0, 0.1) is 22.0 Å². The molecule has 9 heteroatoms. The SMILES string of the molecule is C=C[C@H]1C[N+]2(Cc3cc(OC)c(OC)cc3[N+](=O)[O-])CC[C@H]1C[C@H]2[C@H](O)c1ccnc2ccccc12.[Br-]. The van der Waals surface area contributed by atoms with Crippen LogP contribution in [0.4, 0.5) is 5.69 Å². The summed E-state index contributed by atoms with van der Waals surface area (Å²) in [6.07, 6.45) is 4.86. The number of ether oxygens (including phenoxy) is 2. The number of hydrogen-bond acceptors (Lipinski definition) is 6. The third-order valence-corrected chi connectivity index (χ3v) is 8.31. The third kappa shape index (κ3) is 4.71. The van der Waals surface area contributed by atoms with Crippen LogP contribution in [-0.4, -0.2) is 52.8 Å². The average Bonchev–Trinajstić information content (AvgIpc) is 2.91. The van der Waals surface area contributed by atoms with Gasteiger partial charge in [-0.3, -0.25) is 15.1 Å². The molecule has 196 valence electrons. The number of nitro groups is 1. The Bertz CT molecular complexity index is 1310. The fourth-order valence-corrected chi connectivity index (χ4v) is 6.51. The third-order valence-electron chi connectivity index (χ3n) is 8.31. The summed E-state index contributed by atoms with van der Waals surface area (Å²) in [7, 11) is 3.00. The van der Waals surface area contributed by atoms with E-state index in [1.165, 1.54) is 20.3 Å². The van der Waals surface area contributed by atoms with E-state index in [1.54, 1.807) is 12.3 Å². The van der Waals surface area contributed by atoms with Crippen molar-refractivity contribution in [2.45, 2.75) is 31.5 Å². The molecule has 5 atom stereocenters. The molecular formula is C28H32BrN3O5. The van der Waals surface area contributed by atoms with Crippen LogP contribution < -0.4 is 26.5 Å². The summed E-state index contributed by atoms with van der Waals surface area (Å²) < 4.78 is 11.4. The number of halogens is 1. The van der Waals surface area contributed by atoms with Gasteiger partial charge in [0.15, 0.2) is 11.5 Å². The highest BCUT2D eigenvalue weighted by Crippen LogP contribution is 2.49. The van der Waals surface area contributed by atoms with Crippen molar-refractivity contribution in [3.05, 3.63) is 82.6 Å². The van der Waals surface area contributed by atoms with Gasteiger partial charge in [-0.1, -0.05) is 24.3 Å². The summed E-state index contributed by atoms with van der Waals surface area (Å²) >= 11 is 0. The highest BCUT2D eigenvalue weighted by atomic mass is 79.9. The Morgan fingerprint density at radius 1 is 1.24 bits per heavy atom. The predicted octanol–water partition coefficient (Wildman–Crippen LogP) is 1.81. The van der Waals surface area contributed by atoms with Gasteiger partial charge in [-0.2, -0.15) is 0 Å². The highest BCUT2D eigenvalue weighted by Gasteiger charge is 2.54. The minimum atomic E-state index is -0.731. The molecule has 37 heavy (non-hydrogen) atoms. The van der Waals surface area contributed by atoms with Gasteiger partial charge in [0, 0.05) is 30.3 Å². The smallest absolute Gasteiger partial charge is 0.282 e. The number of pyridine rings is 1. The van der Waals surface area contributed by atoms with Gasteiger partial charge in [0.05, 0.1) is 49.4 Å². The average molecular weight is 570 g/mol. The fraction of sp³-hybridized carbons (Fsp3) is 0.393. The number of nitro benzene ring substituents is 1. The van der Waals surface area contributed by atoms with Crippen molar-refractivity contribution in [3.63, 3.8) is 0 Å². The van der Waals surface area contributed by atoms with Crippen molar-refractivity contribution in [3.8, 4) is 11.5 Å². The first kappa shape index (κ1) is 27.0. The number of benzene rings is 2. The van der Waals surface area contributed by atoms with Gasteiger partial charge in [-0.25, -0.2) is 0 Å². The quantitative estimate of drug-likeness (QED) is 0.192. The van der Waals surface area contributed by atoms with Crippen LogP contribution in [0.1, 0.15) is 30.1 Å². The summed E-state index contributed by atoms with van der Waals surface area (Å²) in [5, 5.41) is 24.9. The van der Waals surface area contributed by atoms with Crippen molar-refractivity contribution in [1.29, 1.82) is 0 Å². The molecule has 0 saturated carbocycles. The van der Waals surface area contributed by atoms with E-state index in [9.17, 15) is 15.2 Å². The monoisotopic (exact) mass is 569 g/mol. The molecule has 3 saturated heterocycles. The lowest BCUT2D eigenvalue weighted by Crippen LogP contribution is -3.00. The predicted molar refractivity (Wildman–Crippen MR) is 137 cm³/mol. The Hall–Kier alpha value is -3.01. The number of aliphatic hydroxyl groups excluding tert-OH is 1. The number of methoxy groups -OCH3 is 2. The molecule has 1 N–H and O–H groups in total. The van der Waals surface area contributed by atoms with Crippen LogP contribution in [0.3, 0.4) is 0 Å². The van der Waals surface area contributed by atoms with Crippen molar-refractivity contribution in [1.82, 2.24) is 4.98 Å². The van der Waals surface area contributed by atoms with Crippen LogP contribution in [0.25, 0.3) is 10.9 Å². The topological polar surface area (TPSA) is 94.7 Å². The zero-order chi connectivity index (χ0) is 25.4. The molecule has 1 unspecified atom stereocenters. The lowest BCUT2D eigenvalue weighted by Gasteiger charge is -2.58. The normalized spacial score (nSPS) is 25.2. The molecule has 0 aliphatic carbocycles. The van der Waals surface area contributed by atoms with E-state index >= 15 is 0 Å². The maximum atomic E-state index is 12.1. The molecule has 1 aromatic heterocycles. The molecule has 0 radical (unpaired) electrons. The standard InChI is InChI=1S/C28H32N3O5.BrH/c1-4-18-16-31(17-20-14-26(35-2)27(36-3)15-24(20)30(33)34)12-10-19(18)13-25(31)28(32)22-9-11-29-23-8-6-5-7-21(22)23;/h4-9,11,14-15,18-19,25,28,32H,1,10,12-13,16-17H2,2-3H3;1H/q+1;/p-1/t18-,19-,25-,28+,31?;/m0./s1. The van der Waals surface area contributed by atoms with Crippen LogP contribution >= 0.6 is 0 Å². The first-order valence-corrected chi connectivity index (χ1v) is 12.3. The Labute approximate surface area is 227 Å². The van der Waals surface area contributed by atoms with Gasteiger partial charge in [-0.15, -0.1) is 6.58 Å². The lowest BCUT2D eigenvalue weighted by molar-refractivity contribution is -0.985. The van der Waals surface area contributed by atoms with Crippen molar-refractivity contribution < 1.29 is 41.0 Å². The van der Waals surface area contributed by atoms with Crippen molar-refractivity contribution in [2.24, 2.45) is 11.8 Å². The highest BCUT2D eigenvalue weighted by molar-refractivity contribution is 5.82. The number of piperidine rings is 3. The Morgan fingerprint density at radius 2 is 1.97 bits per heavy atom. The number of rotatable bonds is 8. The molecule has 0 spiro atoms. The van der Waals surface area contributed by atoms with E-state index in [0.29, 0.717) is 39.9 Å². The summed E-state index contributed by atoms with van der Waals surface area (Å²) in [4.78, 5) is 16.2. The molecule has 4 heterocycles. The Kier molecular flexibility index (Phi) is 7.87. The van der Waals surface area contributed by atoms with Gasteiger partial charge in [-0.05, 0) is 29.7 Å². The van der Waals surface area contributed by atoms with Crippen LogP contribution in [0.5, 0.6) is 11.5 Å². The summed E-state index contributed by atoms with van der Waals surface area (Å²) in [6, 6.07) is 12.8. The molecule has 8 nitrogen and oxygen atoms in total. The number of aromatic nitrogens is 1. The van der Waals surface area contributed by atoms with Crippen LogP contribution in [0.2, 0.25) is 0 Å². The summed E-state index contributed by atoms with van der Waals surface area (Å²) in [5.41, 5.74) is 2.28. The van der Waals surface area contributed by atoms with Gasteiger partial charge in [0.1, 0.15) is 18.7 Å². The number of nitrogens with zero attached hydrogens (tertiary/aromatic N) is 3. The molecule has 6 rings (SSSR count). The Morgan fingerprint density at radius 3 is 2.68 bits per heavy atom. The maximum absolute atomic E-state index is 12.1. The first-order chi connectivity index (χ1) is 17.4. The second kappa shape index (κ2) is 10.8. The largest absolute Gasteiger partial charge is 1.00 e. The van der Waals surface area contributed by atoms with Crippen molar-refractivity contribution in [2.75, 3.05) is 27.3 Å². The fourth-order valence-electron chi connectivity index (χ4n) is 6.51. The molecule has 3 aromatic rings. The first-order valence-electron chi connectivity index (χ1n) is 12.3. The molecule has 3 aliphatic rings. The minimum absolute atomic E-state index is 0. The van der Waals surface area contributed by atoms with E-state index in [1.807, 2.05) is 36.4 Å². The molecule has 2 aromatic carbocycles. The number of aliphatic hydroxyl groups is 1. The maximum Gasteiger partial charge on any atom is 0.282 e.